The first-order chi connectivity index (χ1) is 12.7. The molecule has 2 amide bonds. The number of aryl methyl sites for hydroxylation is 1. The Morgan fingerprint density at radius 3 is 2.56 bits per heavy atom. The highest BCUT2D eigenvalue weighted by Gasteiger charge is 2.36. The summed E-state index contributed by atoms with van der Waals surface area (Å²) in [5, 5.41) is 5.94. The molecular formula is C20H25N3O3S. The maximum absolute atomic E-state index is 12.7. The van der Waals surface area contributed by atoms with Gasteiger partial charge in [0.25, 0.3) is 0 Å². The molecule has 1 atom stereocenters. The average Bonchev–Trinajstić information content (AvgIpc) is 3.23. The molecule has 1 saturated heterocycles. The first-order valence-corrected chi connectivity index (χ1v) is 9.94. The number of hydrogen-bond donors (Lipinski definition) is 1. The van der Waals surface area contributed by atoms with Crippen LogP contribution in [0.3, 0.4) is 0 Å². The standard InChI is InChI=1S/C20H25N3O3S/c1-13-21-16(12-27-13)14-7-9-15(10-8-14)22-18(24)17-6-5-11-23(17)19(25)26-20(2,3)4/h7-10,12,17H,5-6,11H2,1-4H3,(H,22,24)/t17-/m0/s1. The number of benzene rings is 1. The van der Waals surface area contributed by atoms with Crippen molar-refractivity contribution in [2.45, 2.75) is 52.2 Å². The van der Waals surface area contributed by atoms with E-state index in [1.165, 1.54) is 4.90 Å². The first kappa shape index (κ1) is 19.4. The summed E-state index contributed by atoms with van der Waals surface area (Å²) in [6.45, 7) is 7.97. The smallest absolute Gasteiger partial charge is 0.410 e. The van der Waals surface area contributed by atoms with Crippen LogP contribution in [0.15, 0.2) is 29.6 Å². The summed E-state index contributed by atoms with van der Waals surface area (Å²) in [5.41, 5.74) is 2.06. The molecule has 2 heterocycles. The second kappa shape index (κ2) is 7.68. The van der Waals surface area contributed by atoms with Gasteiger partial charge in [-0.15, -0.1) is 11.3 Å². The van der Waals surface area contributed by atoms with E-state index in [0.717, 1.165) is 22.7 Å². The number of anilines is 1. The Kier molecular flexibility index (Phi) is 5.51. The fraction of sp³-hybridized carbons (Fsp3) is 0.450. The van der Waals surface area contributed by atoms with Crippen molar-refractivity contribution >= 4 is 29.0 Å². The molecule has 3 rings (SSSR count). The third kappa shape index (κ3) is 4.86. The third-order valence-electron chi connectivity index (χ3n) is 4.25. The van der Waals surface area contributed by atoms with E-state index >= 15 is 0 Å². The summed E-state index contributed by atoms with van der Waals surface area (Å²) in [7, 11) is 0. The molecule has 27 heavy (non-hydrogen) atoms. The normalized spacial score (nSPS) is 17.0. The van der Waals surface area contributed by atoms with E-state index in [1.54, 1.807) is 11.3 Å². The van der Waals surface area contributed by atoms with Crippen LogP contribution in [0.1, 0.15) is 38.6 Å². The topological polar surface area (TPSA) is 71.5 Å². The summed E-state index contributed by atoms with van der Waals surface area (Å²) < 4.78 is 5.42. The SMILES string of the molecule is Cc1nc(-c2ccc(NC(=O)[C@@H]3CCCN3C(=O)OC(C)(C)C)cc2)cs1. The van der Waals surface area contributed by atoms with Crippen LogP contribution < -0.4 is 5.32 Å². The molecule has 0 bridgehead atoms. The molecule has 6 nitrogen and oxygen atoms in total. The highest BCUT2D eigenvalue weighted by atomic mass is 32.1. The van der Waals surface area contributed by atoms with Crippen LogP contribution in [0.25, 0.3) is 11.3 Å². The third-order valence-corrected chi connectivity index (χ3v) is 5.02. The zero-order chi connectivity index (χ0) is 19.6. The number of nitrogens with one attached hydrogen (secondary N) is 1. The highest BCUT2D eigenvalue weighted by molar-refractivity contribution is 7.09. The molecule has 1 aliphatic heterocycles. The molecule has 1 aromatic carbocycles. The van der Waals surface area contributed by atoms with Gasteiger partial charge in [0, 0.05) is 23.2 Å². The van der Waals surface area contributed by atoms with Crippen LogP contribution in [0.2, 0.25) is 0 Å². The van der Waals surface area contributed by atoms with Crippen LogP contribution in [-0.4, -0.2) is 40.1 Å². The Bertz CT molecular complexity index is 824. The molecular weight excluding hydrogens is 362 g/mol. The van der Waals surface area contributed by atoms with Crippen LogP contribution in [0.5, 0.6) is 0 Å². The van der Waals surface area contributed by atoms with E-state index in [4.69, 9.17) is 4.74 Å². The molecule has 1 aliphatic rings. The predicted molar refractivity (Wildman–Crippen MR) is 107 cm³/mol. The fourth-order valence-corrected chi connectivity index (χ4v) is 3.65. The van der Waals surface area contributed by atoms with Crippen molar-refractivity contribution in [2.24, 2.45) is 0 Å². The predicted octanol–water partition coefficient (Wildman–Crippen LogP) is 4.46. The van der Waals surface area contributed by atoms with Gasteiger partial charge in [-0.1, -0.05) is 12.1 Å². The summed E-state index contributed by atoms with van der Waals surface area (Å²) in [5.74, 6) is -0.185. The molecule has 0 unspecified atom stereocenters. The monoisotopic (exact) mass is 387 g/mol. The Balaban J connectivity index is 1.65. The average molecular weight is 388 g/mol. The maximum Gasteiger partial charge on any atom is 0.410 e. The molecule has 0 spiro atoms. The van der Waals surface area contributed by atoms with E-state index < -0.39 is 17.7 Å². The van der Waals surface area contributed by atoms with Crippen LogP contribution >= 0.6 is 11.3 Å². The number of carbonyl (C=O) groups excluding carboxylic acids is 2. The summed E-state index contributed by atoms with van der Waals surface area (Å²) >= 11 is 1.61. The fourth-order valence-electron chi connectivity index (χ4n) is 3.02. The summed E-state index contributed by atoms with van der Waals surface area (Å²) in [6.07, 6.45) is 0.996. The number of rotatable bonds is 3. The van der Waals surface area contributed by atoms with Crippen LogP contribution in [0.4, 0.5) is 10.5 Å². The van der Waals surface area contributed by atoms with E-state index in [9.17, 15) is 9.59 Å². The van der Waals surface area contributed by atoms with Crippen molar-refractivity contribution in [1.82, 2.24) is 9.88 Å². The van der Waals surface area contributed by atoms with Gasteiger partial charge >= 0.3 is 6.09 Å². The maximum atomic E-state index is 12.7. The Morgan fingerprint density at radius 1 is 1.26 bits per heavy atom. The van der Waals surface area contributed by atoms with Gasteiger partial charge in [0.05, 0.1) is 10.7 Å². The minimum Gasteiger partial charge on any atom is -0.444 e. The van der Waals surface area contributed by atoms with Gasteiger partial charge in [0.2, 0.25) is 5.91 Å². The van der Waals surface area contributed by atoms with Crippen LogP contribution in [0, 0.1) is 6.92 Å². The molecule has 0 aliphatic carbocycles. The van der Waals surface area contributed by atoms with Crippen molar-refractivity contribution in [1.29, 1.82) is 0 Å². The number of nitrogens with zero attached hydrogens (tertiary/aromatic N) is 2. The Morgan fingerprint density at radius 2 is 1.96 bits per heavy atom. The van der Waals surface area contributed by atoms with Crippen molar-refractivity contribution in [3.63, 3.8) is 0 Å². The largest absolute Gasteiger partial charge is 0.444 e. The number of carbonyl (C=O) groups is 2. The number of amides is 2. The van der Waals surface area contributed by atoms with Gasteiger partial charge in [-0.05, 0) is 52.7 Å². The lowest BCUT2D eigenvalue weighted by atomic mass is 10.1. The lowest BCUT2D eigenvalue weighted by Crippen LogP contribution is -2.45. The molecule has 0 radical (unpaired) electrons. The van der Waals surface area contributed by atoms with Gasteiger partial charge in [-0.3, -0.25) is 9.69 Å². The minimum atomic E-state index is -0.579. The Hall–Kier alpha value is -2.41. The molecule has 1 N–H and O–H groups in total. The molecule has 144 valence electrons. The van der Waals surface area contributed by atoms with E-state index in [0.29, 0.717) is 18.7 Å². The lowest BCUT2D eigenvalue weighted by molar-refractivity contribution is -0.120. The zero-order valence-corrected chi connectivity index (χ0v) is 16.9. The van der Waals surface area contributed by atoms with Crippen LogP contribution in [-0.2, 0) is 9.53 Å². The van der Waals surface area contributed by atoms with Gasteiger partial charge in [-0.25, -0.2) is 9.78 Å². The van der Waals surface area contributed by atoms with Crippen molar-refractivity contribution in [3.05, 3.63) is 34.7 Å². The summed E-state index contributed by atoms with van der Waals surface area (Å²) in [6, 6.07) is 7.08. The molecule has 0 saturated carbocycles. The van der Waals surface area contributed by atoms with Crippen molar-refractivity contribution in [2.75, 3.05) is 11.9 Å². The number of likely N-dealkylation sites (tertiary alicyclic amines) is 1. The van der Waals surface area contributed by atoms with Crippen molar-refractivity contribution in [3.8, 4) is 11.3 Å². The van der Waals surface area contributed by atoms with E-state index in [1.807, 2.05) is 57.3 Å². The Labute approximate surface area is 163 Å². The first-order valence-electron chi connectivity index (χ1n) is 9.06. The van der Waals surface area contributed by atoms with Crippen molar-refractivity contribution < 1.29 is 14.3 Å². The van der Waals surface area contributed by atoms with Gasteiger partial charge in [0.1, 0.15) is 11.6 Å². The number of aromatic nitrogens is 1. The molecule has 7 heteroatoms. The molecule has 1 fully saturated rings. The zero-order valence-electron chi connectivity index (χ0n) is 16.1. The second-order valence-electron chi connectivity index (χ2n) is 7.65. The number of thiazole rings is 1. The molecule has 1 aromatic heterocycles. The highest BCUT2D eigenvalue weighted by Crippen LogP contribution is 2.25. The lowest BCUT2D eigenvalue weighted by Gasteiger charge is -2.28. The van der Waals surface area contributed by atoms with E-state index in [-0.39, 0.29) is 5.91 Å². The van der Waals surface area contributed by atoms with E-state index in [2.05, 4.69) is 10.3 Å². The second-order valence-corrected chi connectivity index (χ2v) is 8.71. The van der Waals surface area contributed by atoms with Gasteiger partial charge < -0.3 is 10.1 Å². The summed E-state index contributed by atoms with van der Waals surface area (Å²) in [4.78, 5) is 31.0. The molecule has 2 aromatic rings. The van der Waals surface area contributed by atoms with Gasteiger partial charge in [-0.2, -0.15) is 0 Å². The quantitative estimate of drug-likeness (QED) is 0.844. The number of ether oxygens (including phenoxy) is 1. The van der Waals surface area contributed by atoms with Gasteiger partial charge in [0.15, 0.2) is 0 Å². The number of hydrogen-bond acceptors (Lipinski definition) is 5. The minimum absolute atomic E-state index is 0.185.